The summed E-state index contributed by atoms with van der Waals surface area (Å²) in [7, 11) is 0. The van der Waals surface area contributed by atoms with Crippen molar-refractivity contribution < 1.29 is 174 Å². The summed E-state index contributed by atoms with van der Waals surface area (Å²) in [5, 5.41) is 0. The molecule has 0 rings (SSSR count). The van der Waals surface area contributed by atoms with Crippen LogP contribution in [0.25, 0.3) is 0 Å². The Bertz CT molecular complexity index is 890. The minimum Gasteiger partial charge on any atom is -0.469 e. The van der Waals surface area contributed by atoms with Gasteiger partial charge in [0.25, 0.3) is 11.6 Å². The van der Waals surface area contributed by atoms with Crippen LogP contribution in [-0.2, 0) is 0 Å². The van der Waals surface area contributed by atoms with Crippen LogP contribution < -0.4 is 51.4 Å². The second-order valence-corrected chi connectivity index (χ2v) is 7.50. The summed E-state index contributed by atoms with van der Waals surface area (Å²) in [6.45, 7) is -10.7. The van der Waals surface area contributed by atoms with Gasteiger partial charge in [-0.3, -0.25) is 0 Å². The van der Waals surface area contributed by atoms with Crippen molar-refractivity contribution in [3.63, 3.8) is 0 Å². The van der Waals surface area contributed by atoms with Crippen LogP contribution in [0, 0.1) is 0 Å². The van der Waals surface area contributed by atoms with Gasteiger partial charge in [-0.05, 0) is 0 Å². The van der Waals surface area contributed by atoms with Gasteiger partial charge in [0, 0.05) is 0 Å². The smallest absolute Gasteiger partial charge is 0.469 e. The Morgan fingerprint density at radius 2 is 0.381 bits per heavy atom. The summed E-state index contributed by atoms with van der Waals surface area (Å²) in [5.74, 6) is -93.6. The quantitative estimate of drug-likeness (QED) is 0.194. The van der Waals surface area contributed by atoms with Crippen LogP contribution in [0.15, 0.2) is 0 Å². The molecule has 0 spiro atoms. The van der Waals surface area contributed by atoms with Crippen molar-refractivity contribution in [2.45, 2.75) is 71.4 Å². The zero-order valence-electron chi connectivity index (χ0n) is 18.2. The first-order valence-corrected chi connectivity index (χ1v) is 8.43. The molecule has 0 aromatic rings. The van der Waals surface area contributed by atoms with E-state index in [-0.39, 0.29) is 51.4 Å². The zero-order valence-corrected chi connectivity index (χ0v) is 21.3. The van der Waals surface area contributed by atoms with Gasteiger partial charge in [-0.2, -0.15) is 96.6 Å². The molecule has 0 aliphatic rings. The summed E-state index contributed by atoms with van der Waals surface area (Å²) in [6.07, 6.45) is -16.5. The molecule has 0 bridgehead atoms. The molecule has 0 amide bonds. The first-order chi connectivity index (χ1) is 17.0. The normalized spacial score (nSPS) is 16.9. The summed E-state index contributed by atoms with van der Waals surface area (Å²) in [6, 6.07) is 0. The maximum Gasteiger partial charge on any atom is 1.00 e. The number of hydrogen-bond donors (Lipinski definition) is 0. The summed E-state index contributed by atoms with van der Waals surface area (Å²) in [4.78, 5) is 0. The number of rotatable bonds is 10. The molecule has 0 aromatic carbocycles. The monoisotopic (exact) mass is 726 g/mol. The zero-order chi connectivity index (χ0) is 34.5. The molecule has 0 N–H and O–H groups in total. The molecule has 0 aliphatic heterocycles. The second kappa shape index (κ2) is 10.6. The van der Waals surface area contributed by atoms with Crippen LogP contribution in [0.3, 0.4) is 0 Å². The van der Waals surface area contributed by atoms with E-state index in [1.807, 2.05) is 0 Å². The standard InChI is InChI=1S/C12BF28.K/c14-1(15,3(18,19)7(26,27)11(34,35)36)5(22,23)9(30,31)13(40,41)10(32,33)6(24,25)2(16,17)4(20,21)8(28,29)12(37,38)39;/q-1;+1. The molecule has 0 radical (unpaired) electrons. The average molecular weight is 726 g/mol. The molecule has 0 aromatic heterocycles. The van der Waals surface area contributed by atoms with Gasteiger partial charge in [0.2, 0.25) is 0 Å². The minimum atomic E-state index is -10.7. The maximum atomic E-state index is 13.5. The van der Waals surface area contributed by atoms with Crippen LogP contribution in [0.5, 0.6) is 0 Å². The van der Waals surface area contributed by atoms with Crippen LogP contribution in [0.1, 0.15) is 0 Å². The van der Waals surface area contributed by atoms with Gasteiger partial charge >= 0.3 is 118 Å². The molecule has 42 heavy (non-hydrogen) atoms. The van der Waals surface area contributed by atoms with E-state index in [0.29, 0.717) is 0 Å². The molecule has 0 saturated heterocycles. The Balaban J connectivity index is 0. The van der Waals surface area contributed by atoms with Gasteiger partial charge in [-0.25, -0.2) is 17.6 Å². The molecular formula is C12BF28K. The van der Waals surface area contributed by atoms with Gasteiger partial charge < -0.3 is 8.63 Å². The summed E-state index contributed by atoms with van der Waals surface area (Å²) >= 11 is 0. The van der Waals surface area contributed by atoms with Gasteiger partial charge in [-0.15, -0.1) is 0 Å². The fraction of sp³-hybridized carbons (Fsp3) is 1.00. The van der Waals surface area contributed by atoms with Gasteiger partial charge in [0.1, 0.15) is 0 Å². The summed E-state index contributed by atoms with van der Waals surface area (Å²) in [5.41, 5.74) is 0. The van der Waals surface area contributed by atoms with Crippen molar-refractivity contribution in [2.24, 2.45) is 0 Å². The molecule has 0 nitrogen and oxygen atoms in total. The molecule has 0 saturated carbocycles. The molecule has 0 heterocycles. The van der Waals surface area contributed by atoms with Gasteiger partial charge in [-0.1, -0.05) is 0 Å². The molecule has 248 valence electrons. The topological polar surface area (TPSA) is 0 Å². The van der Waals surface area contributed by atoms with Crippen molar-refractivity contribution in [2.75, 3.05) is 0 Å². The Kier molecular flexibility index (Phi) is 11.1. The van der Waals surface area contributed by atoms with E-state index in [1.54, 1.807) is 0 Å². The predicted octanol–water partition coefficient (Wildman–Crippen LogP) is 5.93. The van der Waals surface area contributed by atoms with E-state index in [1.165, 1.54) is 0 Å². The van der Waals surface area contributed by atoms with Gasteiger partial charge in [0.05, 0.1) is 0 Å². The van der Waals surface area contributed by atoms with Crippen molar-refractivity contribution >= 4 is 6.70 Å². The molecule has 30 heteroatoms. The van der Waals surface area contributed by atoms with Crippen molar-refractivity contribution in [3.8, 4) is 0 Å². The Hall–Kier alpha value is -0.259. The van der Waals surface area contributed by atoms with E-state index < -0.39 is 78.1 Å². The van der Waals surface area contributed by atoms with E-state index in [2.05, 4.69) is 0 Å². The van der Waals surface area contributed by atoms with E-state index >= 15 is 0 Å². The van der Waals surface area contributed by atoms with Gasteiger partial charge in [0.15, 0.2) is 0 Å². The Morgan fingerprint density at radius 1 is 0.238 bits per heavy atom. The summed E-state index contributed by atoms with van der Waals surface area (Å²) < 4.78 is 361. The SMILES string of the molecule is F[B-](F)(C(F)(F)C(F)(F)C(F)(F)C(F)(F)C(F)(F)C(F)(F)F)C(F)(F)C(F)(F)C(F)(F)C(F)(F)C(F)(F)C(F)(F)F.[K+]. The van der Waals surface area contributed by atoms with Crippen molar-refractivity contribution in [3.05, 3.63) is 0 Å². The third kappa shape index (κ3) is 5.14. The van der Waals surface area contributed by atoms with E-state index in [9.17, 15) is 123 Å². The van der Waals surface area contributed by atoms with Crippen molar-refractivity contribution in [1.29, 1.82) is 0 Å². The third-order valence-electron chi connectivity index (χ3n) is 4.83. The fourth-order valence-corrected chi connectivity index (χ4v) is 2.25. The molecular weight excluding hydrogens is 726 g/mol. The Labute approximate surface area is 251 Å². The molecule has 0 atom stereocenters. The average Bonchev–Trinajstić information content (AvgIpc) is 2.70. The van der Waals surface area contributed by atoms with Crippen LogP contribution in [-0.4, -0.2) is 78.1 Å². The largest absolute Gasteiger partial charge is 1.00 e. The Morgan fingerprint density at radius 3 is 0.524 bits per heavy atom. The number of halogens is 28. The fourth-order valence-electron chi connectivity index (χ4n) is 2.25. The number of hydrogen-bond acceptors (Lipinski definition) is 0. The van der Waals surface area contributed by atoms with Crippen LogP contribution >= 0.6 is 0 Å². The molecule has 0 unspecified atom stereocenters. The first kappa shape index (κ1) is 43.9. The maximum absolute atomic E-state index is 13.5. The van der Waals surface area contributed by atoms with E-state index in [0.717, 1.165) is 0 Å². The minimum absolute atomic E-state index is 0. The van der Waals surface area contributed by atoms with E-state index in [4.69, 9.17) is 0 Å². The molecule has 0 aliphatic carbocycles. The van der Waals surface area contributed by atoms with Crippen molar-refractivity contribution in [1.82, 2.24) is 0 Å². The third-order valence-corrected chi connectivity index (χ3v) is 4.83. The van der Waals surface area contributed by atoms with Crippen LogP contribution in [0.4, 0.5) is 123 Å². The second-order valence-electron chi connectivity index (χ2n) is 7.50. The first-order valence-electron chi connectivity index (χ1n) is 8.43. The predicted molar refractivity (Wildman–Crippen MR) is 69.5 cm³/mol. The van der Waals surface area contributed by atoms with Crippen LogP contribution in [0.2, 0.25) is 0 Å². The molecule has 0 fully saturated rings. The number of alkyl halides is 26.